The van der Waals surface area contributed by atoms with Gasteiger partial charge in [-0.3, -0.25) is 18.6 Å². The van der Waals surface area contributed by atoms with Crippen LogP contribution in [0, 0.1) is 0 Å². The smallest absolute Gasteiger partial charge is 0.462 e. The molecule has 0 heterocycles. The Labute approximate surface area is 335 Å². The van der Waals surface area contributed by atoms with Crippen LogP contribution >= 0.6 is 7.82 Å². The molecule has 0 aliphatic carbocycles. The number of hydrogen-bond acceptors (Lipinski definition) is 8. The normalized spacial score (nSPS) is 14.8. The molecule has 0 aromatic rings. The number of nitrogens with zero attached hydrogens (tertiary/aromatic N) is 1. The number of quaternary nitrogens is 1. The molecule has 0 aliphatic rings. The van der Waals surface area contributed by atoms with Gasteiger partial charge < -0.3 is 24.0 Å². The molecule has 0 radical (unpaired) electrons. The van der Waals surface area contributed by atoms with Crippen LogP contribution in [0.5, 0.6) is 0 Å². The number of hydrogen-bond donors (Lipinski definition) is 2. The highest BCUT2D eigenvalue weighted by Gasteiger charge is 2.27. The molecule has 2 N–H and O–H groups in total. The van der Waals surface area contributed by atoms with Crippen LogP contribution in [0.1, 0.15) is 149 Å². The van der Waals surface area contributed by atoms with Crippen molar-refractivity contribution in [1.29, 1.82) is 0 Å². The Hall–Kier alpha value is -2.33. The molecule has 0 saturated heterocycles. The zero-order valence-corrected chi connectivity index (χ0v) is 36.1. The van der Waals surface area contributed by atoms with Crippen LogP contribution in [0.15, 0.2) is 60.8 Å². The van der Waals surface area contributed by atoms with E-state index in [1.807, 2.05) is 57.6 Å². The van der Waals surface area contributed by atoms with Crippen LogP contribution in [-0.2, 0) is 32.7 Å². The summed E-state index contributed by atoms with van der Waals surface area (Å²) in [5.74, 6) is -0.922. The third kappa shape index (κ3) is 39.7. The maximum Gasteiger partial charge on any atom is 0.472 e. The number of rotatable bonds is 37. The lowest BCUT2D eigenvalue weighted by molar-refractivity contribution is -0.870. The third-order valence-electron chi connectivity index (χ3n) is 8.60. The molecule has 55 heavy (non-hydrogen) atoms. The van der Waals surface area contributed by atoms with Crippen molar-refractivity contribution in [2.75, 3.05) is 47.5 Å². The fourth-order valence-electron chi connectivity index (χ4n) is 5.20. The summed E-state index contributed by atoms with van der Waals surface area (Å²) >= 11 is 0. The lowest BCUT2D eigenvalue weighted by Gasteiger charge is -2.24. The van der Waals surface area contributed by atoms with E-state index in [1.165, 1.54) is 44.9 Å². The molecular weight excluding hydrogens is 717 g/mol. The summed E-state index contributed by atoms with van der Waals surface area (Å²) in [5, 5.41) is 10.1. The number of phosphoric acid groups is 1. The van der Waals surface area contributed by atoms with Crippen LogP contribution in [0.25, 0.3) is 0 Å². The summed E-state index contributed by atoms with van der Waals surface area (Å²) in [6.07, 6.45) is 38.7. The molecule has 10 nitrogen and oxygen atoms in total. The van der Waals surface area contributed by atoms with E-state index in [4.69, 9.17) is 18.5 Å². The topological polar surface area (TPSA) is 129 Å². The van der Waals surface area contributed by atoms with Gasteiger partial charge in [0.15, 0.2) is 6.10 Å². The van der Waals surface area contributed by atoms with Gasteiger partial charge in [0.1, 0.15) is 19.8 Å². The number of aliphatic hydroxyl groups is 1. The number of likely N-dealkylation sites (N-methyl/N-ethyl adjacent to an activating group) is 1. The van der Waals surface area contributed by atoms with Crippen molar-refractivity contribution in [2.24, 2.45) is 0 Å². The van der Waals surface area contributed by atoms with Crippen LogP contribution in [0.2, 0.25) is 0 Å². The average molecular weight is 797 g/mol. The molecule has 0 amide bonds. The van der Waals surface area contributed by atoms with E-state index in [0.717, 1.165) is 51.4 Å². The SMILES string of the molecule is CCCCC/C=C\C=C/[C@@H](O)C/C=C\C/C=C/CCCC(=O)OC[C@H](COP(=O)(O)OCC[N+](C)(C)C)OC(=O)CCCCCCC/C=C\CCCCCC. The number of esters is 2. The van der Waals surface area contributed by atoms with Crippen molar-refractivity contribution in [3.8, 4) is 0 Å². The van der Waals surface area contributed by atoms with E-state index in [9.17, 15) is 24.2 Å². The second-order valence-electron chi connectivity index (χ2n) is 15.2. The maximum atomic E-state index is 12.6. The van der Waals surface area contributed by atoms with Crippen molar-refractivity contribution in [3.63, 3.8) is 0 Å². The fraction of sp³-hybridized carbons (Fsp3) is 0.727. The standard InChI is InChI=1S/C44H78NO9P/c1-6-8-10-12-14-15-16-17-18-19-23-28-32-36-44(48)54-42(40-53-55(49,50)52-38-37-45(3,4)5)39-51-43(47)35-31-27-24-20-22-26-30-34-41(46)33-29-25-21-13-11-9-7-2/h15-16,20-21,24-26,29-30,33,41-42,46H,6-14,17-19,22-23,27-28,31-32,34-40H2,1-5H3/p+1/b16-15-,24-20+,25-21-,30-26-,33-29-/t41-,42-/m1/s1. The minimum atomic E-state index is -4.40. The molecule has 0 bridgehead atoms. The van der Waals surface area contributed by atoms with Gasteiger partial charge in [0.2, 0.25) is 0 Å². The number of carbonyl (C=O) groups is 2. The predicted molar refractivity (Wildman–Crippen MR) is 225 cm³/mol. The molecule has 0 rings (SSSR count). The Morgan fingerprint density at radius 2 is 1.22 bits per heavy atom. The zero-order valence-electron chi connectivity index (χ0n) is 35.3. The minimum Gasteiger partial charge on any atom is -0.462 e. The second-order valence-corrected chi connectivity index (χ2v) is 16.7. The average Bonchev–Trinajstić information content (AvgIpc) is 3.13. The molecule has 1 unspecified atom stereocenters. The lowest BCUT2D eigenvalue weighted by atomic mass is 10.1. The monoisotopic (exact) mass is 797 g/mol. The number of phosphoric ester groups is 1. The Morgan fingerprint density at radius 1 is 0.655 bits per heavy atom. The summed E-state index contributed by atoms with van der Waals surface area (Å²) < 4.78 is 34.1. The number of aliphatic hydroxyl groups excluding tert-OH is 1. The van der Waals surface area contributed by atoms with Crippen LogP contribution in [0.4, 0.5) is 0 Å². The van der Waals surface area contributed by atoms with Crippen molar-refractivity contribution < 1.29 is 47.2 Å². The first-order chi connectivity index (χ1) is 26.4. The first-order valence-electron chi connectivity index (χ1n) is 21.1. The molecule has 0 saturated carbocycles. The first kappa shape index (κ1) is 52.7. The van der Waals surface area contributed by atoms with Gasteiger partial charge in [-0.05, 0) is 70.6 Å². The molecule has 3 atom stereocenters. The van der Waals surface area contributed by atoms with Crippen molar-refractivity contribution in [1.82, 2.24) is 0 Å². The third-order valence-corrected chi connectivity index (χ3v) is 9.58. The first-order valence-corrected chi connectivity index (χ1v) is 22.6. The molecule has 318 valence electrons. The van der Waals surface area contributed by atoms with Gasteiger partial charge >= 0.3 is 19.8 Å². The van der Waals surface area contributed by atoms with Crippen LogP contribution in [0.3, 0.4) is 0 Å². The van der Waals surface area contributed by atoms with E-state index < -0.39 is 38.6 Å². The van der Waals surface area contributed by atoms with E-state index in [0.29, 0.717) is 36.7 Å². The summed E-state index contributed by atoms with van der Waals surface area (Å²) in [5.41, 5.74) is 0. The molecule has 0 aromatic carbocycles. The van der Waals surface area contributed by atoms with Crippen LogP contribution in [-0.4, -0.2) is 86.1 Å². The Morgan fingerprint density at radius 3 is 1.93 bits per heavy atom. The lowest BCUT2D eigenvalue weighted by Crippen LogP contribution is -2.37. The van der Waals surface area contributed by atoms with Gasteiger partial charge in [-0.1, -0.05) is 126 Å². The van der Waals surface area contributed by atoms with E-state index in [2.05, 4.69) is 32.1 Å². The van der Waals surface area contributed by atoms with Gasteiger partial charge in [0.25, 0.3) is 0 Å². The zero-order chi connectivity index (χ0) is 40.9. The Bertz CT molecular complexity index is 1140. The highest BCUT2D eigenvalue weighted by molar-refractivity contribution is 7.47. The highest BCUT2D eigenvalue weighted by Crippen LogP contribution is 2.43. The van der Waals surface area contributed by atoms with Gasteiger partial charge in [-0.25, -0.2) is 4.57 Å². The Kier molecular flexibility index (Phi) is 34.5. The minimum absolute atomic E-state index is 0.00880. The van der Waals surface area contributed by atoms with E-state index >= 15 is 0 Å². The number of allylic oxidation sites excluding steroid dienone is 8. The highest BCUT2D eigenvalue weighted by atomic mass is 31.2. The predicted octanol–water partition coefficient (Wildman–Crippen LogP) is 10.7. The second kappa shape index (κ2) is 36.0. The summed E-state index contributed by atoms with van der Waals surface area (Å²) in [6.45, 7) is 4.19. The van der Waals surface area contributed by atoms with Gasteiger partial charge in [-0.2, -0.15) is 0 Å². The van der Waals surface area contributed by atoms with Crippen molar-refractivity contribution in [3.05, 3.63) is 60.8 Å². The molecular formula is C44H79NO9P+. The Balaban J connectivity index is 4.56. The fourth-order valence-corrected chi connectivity index (χ4v) is 5.94. The van der Waals surface area contributed by atoms with Gasteiger partial charge in [0.05, 0.1) is 33.9 Å². The van der Waals surface area contributed by atoms with E-state index in [-0.39, 0.29) is 26.1 Å². The quantitative estimate of drug-likeness (QED) is 0.0158. The maximum absolute atomic E-state index is 12.6. The molecule has 0 fully saturated rings. The molecule has 11 heteroatoms. The summed E-state index contributed by atoms with van der Waals surface area (Å²) in [4.78, 5) is 35.3. The van der Waals surface area contributed by atoms with Crippen LogP contribution < -0.4 is 0 Å². The largest absolute Gasteiger partial charge is 0.472 e. The van der Waals surface area contributed by atoms with Gasteiger partial charge in [0, 0.05) is 12.8 Å². The molecule has 0 spiro atoms. The van der Waals surface area contributed by atoms with E-state index in [1.54, 1.807) is 6.08 Å². The van der Waals surface area contributed by atoms with Gasteiger partial charge in [-0.15, -0.1) is 0 Å². The number of unbranched alkanes of at least 4 members (excludes halogenated alkanes) is 13. The summed E-state index contributed by atoms with van der Waals surface area (Å²) in [6, 6.07) is 0. The molecule has 0 aromatic heterocycles. The van der Waals surface area contributed by atoms with Crippen molar-refractivity contribution >= 4 is 19.8 Å². The van der Waals surface area contributed by atoms with Crippen molar-refractivity contribution in [2.45, 2.75) is 161 Å². The molecule has 0 aliphatic heterocycles. The number of carbonyl (C=O) groups excluding carboxylic acids is 2. The number of ether oxygens (including phenoxy) is 2. The summed E-state index contributed by atoms with van der Waals surface area (Å²) in [7, 11) is 1.40.